The molecule has 0 aromatic carbocycles. The molecular weight excluding hydrogens is 354 g/mol. The highest BCUT2D eigenvalue weighted by Crippen LogP contribution is 2.37. The fourth-order valence-corrected chi connectivity index (χ4v) is 3.01. The van der Waals surface area contributed by atoms with Gasteiger partial charge in [-0.2, -0.15) is 0 Å². The van der Waals surface area contributed by atoms with Crippen LogP contribution in [0.5, 0.6) is 0 Å². The van der Waals surface area contributed by atoms with Gasteiger partial charge in [0.05, 0.1) is 47.4 Å². The monoisotopic (exact) mass is 375 g/mol. The Morgan fingerprint density at radius 2 is 1.12 bits per heavy atom. The number of likely N-dealkylation sites (tertiary alicyclic amines) is 1. The van der Waals surface area contributed by atoms with E-state index in [1.165, 1.54) is 0 Å². The van der Waals surface area contributed by atoms with Crippen molar-refractivity contribution in [2.24, 2.45) is 17.8 Å². The lowest BCUT2D eigenvalue weighted by Gasteiger charge is -2.43. The molecule has 0 unspecified atom stereocenters. The van der Waals surface area contributed by atoms with Crippen LogP contribution >= 0.6 is 0 Å². The summed E-state index contributed by atoms with van der Waals surface area (Å²) in [5.74, 6) is -8.06. The third kappa shape index (κ3) is 3.86. The van der Waals surface area contributed by atoms with Crippen LogP contribution in [-0.2, 0) is 42.9 Å². The molecule has 1 aliphatic rings. The van der Waals surface area contributed by atoms with Gasteiger partial charge in [-0.05, 0) is 0 Å². The maximum atomic E-state index is 12.4. The summed E-state index contributed by atoms with van der Waals surface area (Å²) in [7, 11) is 5.29. The number of carbonyl (C=O) groups excluding carboxylic acids is 5. The van der Waals surface area contributed by atoms with Crippen LogP contribution in [0.4, 0.5) is 4.79 Å². The molecule has 146 valence electrons. The van der Waals surface area contributed by atoms with E-state index in [4.69, 9.17) is 0 Å². The first-order valence-electron chi connectivity index (χ1n) is 7.44. The minimum Gasteiger partial charge on any atom is -0.469 e. The van der Waals surface area contributed by atoms with Crippen molar-refractivity contribution < 1.29 is 47.7 Å². The molecule has 1 saturated heterocycles. The van der Waals surface area contributed by atoms with Gasteiger partial charge in [-0.15, -0.1) is 0 Å². The number of nitrogens with zero attached hydrogens (tertiary/aromatic N) is 1. The Balaban J connectivity index is 3.60. The summed E-state index contributed by atoms with van der Waals surface area (Å²) in [6.45, 7) is -0.424. The van der Waals surface area contributed by atoms with Crippen molar-refractivity contribution in [1.29, 1.82) is 0 Å². The molecule has 1 aliphatic heterocycles. The molecule has 0 aliphatic carbocycles. The molecule has 1 rings (SSSR count). The van der Waals surface area contributed by atoms with Gasteiger partial charge in [0.2, 0.25) is 0 Å². The quantitative estimate of drug-likeness (QED) is 0.443. The number of ether oxygens (including phenoxy) is 5. The minimum atomic E-state index is -1.56. The first-order chi connectivity index (χ1) is 12.3. The zero-order chi connectivity index (χ0) is 20.0. The summed E-state index contributed by atoms with van der Waals surface area (Å²) in [6, 6.07) is -1.55. The molecule has 0 bridgehead atoms. The Hall–Kier alpha value is -2.85. The van der Waals surface area contributed by atoms with Gasteiger partial charge < -0.3 is 23.7 Å². The van der Waals surface area contributed by atoms with E-state index in [0.717, 1.165) is 40.4 Å². The van der Waals surface area contributed by atoms with Crippen molar-refractivity contribution in [1.82, 2.24) is 4.90 Å². The van der Waals surface area contributed by atoms with E-state index in [1.54, 1.807) is 0 Å². The summed E-state index contributed by atoms with van der Waals surface area (Å²) in [6.07, 6.45) is -0.994. The number of rotatable bonds is 4. The SMILES string of the molecule is COC(=O)[C@@H]1[C@H](C(=O)OC)[C@H](C(=O)OC)CN(C(=O)OC)[C@@H]1C(=O)OC. The molecule has 0 aromatic heterocycles. The van der Waals surface area contributed by atoms with Crippen LogP contribution in [0, 0.1) is 17.8 Å². The van der Waals surface area contributed by atoms with Crippen LogP contribution < -0.4 is 0 Å². The zero-order valence-corrected chi connectivity index (χ0v) is 15.0. The van der Waals surface area contributed by atoms with Crippen molar-refractivity contribution in [2.75, 3.05) is 42.1 Å². The Kier molecular flexibility index (Phi) is 7.35. The van der Waals surface area contributed by atoms with Crippen molar-refractivity contribution in [3.8, 4) is 0 Å². The van der Waals surface area contributed by atoms with E-state index in [0.29, 0.717) is 0 Å². The highest BCUT2D eigenvalue weighted by Gasteiger charge is 2.58. The second-order valence-corrected chi connectivity index (χ2v) is 5.32. The molecule has 0 radical (unpaired) electrons. The number of hydrogen-bond acceptors (Lipinski definition) is 10. The highest BCUT2D eigenvalue weighted by atomic mass is 16.6. The molecule has 26 heavy (non-hydrogen) atoms. The number of carbonyl (C=O) groups is 5. The Morgan fingerprint density at radius 3 is 1.54 bits per heavy atom. The van der Waals surface area contributed by atoms with Crippen LogP contribution in [0.2, 0.25) is 0 Å². The lowest BCUT2D eigenvalue weighted by molar-refractivity contribution is -0.179. The number of amides is 1. The number of esters is 4. The van der Waals surface area contributed by atoms with E-state index in [1.807, 2.05) is 0 Å². The van der Waals surface area contributed by atoms with Gasteiger partial charge in [-0.3, -0.25) is 19.3 Å². The molecule has 1 amide bonds. The zero-order valence-electron chi connectivity index (χ0n) is 15.0. The van der Waals surface area contributed by atoms with Gasteiger partial charge in [0, 0.05) is 6.54 Å². The van der Waals surface area contributed by atoms with Crippen molar-refractivity contribution >= 4 is 30.0 Å². The van der Waals surface area contributed by atoms with E-state index in [2.05, 4.69) is 23.7 Å². The molecular formula is C15H21NO10. The lowest BCUT2D eigenvalue weighted by Crippen LogP contribution is -2.64. The van der Waals surface area contributed by atoms with Crippen molar-refractivity contribution in [3.63, 3.8) is 0 Å². The molecule has 4 atom stereocenters. The summed E-state index contributed by atoms with van der Waals surface area (Å²) >= 11 is 0. The number of methoxy groups -OCH3 is 5. The molecule has 0 spiro atoms. The van der Waals surface area contributed by atoms with Crippen LogP contribution in [0.3, 0.4) is 0 Å². The average molecular weight is 375 g/mol. The molecule has 0 aromatic rings. The van der Waals surface area contributed by atoms with E-state index >= 15 is 0 Å². The van der Waals surface area contributed by atoms with Crippen molar-refractivity contribution in [2.45, 2.75) is 6.04 Å². The summed E-state index contributed by atoms with van der Waals surface area (Å²) in [4.78, 5) is 62.1. The third-order valence-corrected chi connectivity index (χ3v) is 4.19. The van der Waals surface area contributed by atoms with Crippen molar-refractivity contribution in [3.05, 3.63) is 0 Å². The lowest BCUT2D eigenvalue weighted by atomic mass is 9.73. The second-order valence-electron chi connectivity index (χ2n) is 5.32. The van der Waals surface area contributed by atoms with Gasteiger partial charge >= 0.3 is 30.0 Å². The van der Waals surface area contributed by atoms with Crippen LogP contribution in [-0.4, -0.2) is 83.0 Å². The first-order valence-corrected chi connectivity index (χ1v) is 7.44. The predicted molar refractivity (Wildman–Crippen MR) is 81.4 cm³/mol. The summed E-state index contributed by atoms with van der Waals surface area (Å²) in [5.41, 5.74) is 0. The molecule has 11 heteroatoms. The predicted octanol–water partition coefficient (Wildman–Crippen LogP) is -1.02. The van der Waals surface area contributed by atoms with Gasteiger partial charge in [-0.1, -0.05) is 0 Å². The maximum Gasteiger partial charge on any atom is 0.410 e. The Bertz CT molecular complexity index is 547. The topological polar surface area (TPSA) is 135 Å². The van der Waals surface area contributed by atoms with E-state index < -0.39 is 60.3 Å². The average Bonchev–Trinajstić information content (AvgIpc) is 2.68. The Morgan fingerprint density at radius 1 is 0.654 bits per heavy atom. The maximum absolute atomic E-state index is 12.4. The van der Waals surface area contributed by atoms with Crippen LogP contribution in [0.15, 0.2) is 0 Å². The summed E-state index contributed by atoms with van der Waals surface area (Å²) in [5, 5.41) is 0. The van der Waals surface area contributed by atoms with Gasteiger partial charge in [0.25, 0.3) is 0 Å². The Labute approximate surface area is 149 Å². The second kappa shape index (κ2) is 9.02. The first kappa shape index (κ1) is 21.2. The fraction of sp³-hybridized carbons (Fsp3) is 0.667. The van der Waals surface area contributed by atoms with Gasteiger partial charge in [0.15, 0.2) is 0 Å². The summed E-state index contributed by atoms with van der Waals surface area (Å²) < 4.78 is 23.3. The number of piperidine rings is 1. The van der Waals surface area contributed by atoms with Crippen LogP contribution in [0.1, 0.15) is 0 Å². The smallest absolute Gasteiger partial charge is 0.410 e. The van der Waals surface area contributed by atoms with E-state index in [-0.39, 0.29) is 0 Å². The minimum absolute atomic E-state index is 0.424. The van der Waals surface area contributed by atoms with Crippen LogP contribution in [0.25, 0.3) is 0 Å². The van der Waals surface area contributed by atoms with E-state index in [9.17, 15) is 24.0 Å². The molecule has 1 fully saturated rings. The molecule has 1 heterocycles. The molecule has 11 nitrogen and oxygen atoms in total. The standard InChI is InChI=1S/C15H21NO10/c1-22-11(17)7-6-16(15(21)26-5)10(14(20)25-4)9(13(19)24-3)8(7)12(18)23-2/h7-10H,6H2,1-5H3/t7-,8-,9-,10+/m1/s1. The third-order valence-electron chi connectivity index (χ3n) is 4.19. The normalized spacial score (nSPS) is 24.9. The fourth-order valence-electron chi connectivity index (χ4n) is 3.01. The molecule has 0 saturated carbocycles. The molecule has 0 N–H and O–H groups in total. The highest BCUT2D eigenvalue weighted by molar-refractivity contribution is 5.94. The largest absolute Gasteiger partial charge is 0.469 e. The van der Waals surface area contributed by atoms with Gasteiger partial charge in [0.1, 0.15) is 12.0 Å². The number of hydrogen-bond donors (Lipinski definition) is 0. The van der Waals surface area contributed by atoms with Gasteiger partial charge in [-0.25, -0.2) is 9.59 Å².